The summed E-state index contributed by atoms with van der Waals surface area (Å²) in [6.45, 7) is 0. The Kier molecular flexibility index (Phi) is 2.15. The van der Waals surface area contributed by atoms with E-state index in [-0.39, 0.29) is 5.75 Å². The topological polar surface area (TPSA) is 29.5 Å². The second-order valence-electron chi connectivity index (χ2n) is 4.00. The van der Waals surface area contributed by atoms with E-state index in [0.29, 0.717) is 5.75 Å². The Balaban J connectivity index is 2.52. The summed E-state index contributed by atoms with van der Waals surface area (Å²) in [7, 11) is 1.57. The third-order valence-electron chi connectivity index (χ3n) is 3.06. The molecular weight excluding hydrogens is 212 g/mol. The van der Waals surface area contributed by atoms with Crippen molar-refractivity contribution in [1.82, 2.24) is 0 Å². The monoisotopic (exact) mass is 224 g/mol. The second-order valence-corrected chi connectivity index (χ2v) is 4.00. The van der Waals surface area contributed by atoms with Gasteiger partial charge in [0.1, 0.15) is 0 Å². The van der Waals surface area contributed by atoms with Crippen molar-refractivity contribution >= 4 is 21.5 Å². The van der Waals surface area contributed by atoms with Crippen molar-refractivity contribution in [2.75, 3.05) is 7.11 Å². The van der Waals surface area contributed by atoms with Crippen LogP contribution in [0.5, 0.6) is 11.5 Å². The Labute approximate surface area is 99.1 Å². The van der Waals surface area contributed by atoms with E-state index < -0.39 is 0 Å². The van der Waals surface area contributed by atoms with E-state index in [1.165, 1.54) is 10.8 Å². The molecule has 17 heavy (non-hydrogen) atoms. The first-order valence-corrected chi connectivity index (χ1v) is 5.48. The molecule has 0 aromatic heterocycles. The zero-order valence-corrected chi connectivity index (χ0v) is 9.47. The Morgan fingerprint density at radius 1 is 0.824 bits per heavy atom. The quantitative estimate of drug-likeness (QED) is 0.638. The molecule has 0 amide bonds. The summed E-state index contributed by atoms with van der Waals surface area (Å²) in [6, 6.07) is 15.8. The maximum absolute atomic E-state index is 9.76. The molecule has 3 aromatic carbocycles. The van der Waals surface area contributed by atoms with Crippen LogP contribution in [0.3, 0.4) is 0 Å². The zero-order chi connectivity index (χ0) is 11.8. The lowest BCUT2D eigenvalue weighted by Crippen LogP contribution is -1.86. The van der Waals surface area contributed by atoms with Gasteiger partial charge in [-0.05, 0) is 34.4 Å². The van der Waals surface area contributed by atoms with Crippen LogP contribution in [0.1, 0.15) is 0 Å². The standard InChI is InChI=1S/C15H12O2/c1-17-15-13-7-6-10-4-2-3-5-11(10)12(13)8-9-14(15)16/h2-9,16H,1H3. The van der Waals surface area contributed by atoms with Gasteiger partial charge in [0.15, 0.2) is 11.5 Å². The summed E-state index contributed by atoms with van der Waals surface area (Å²) in [5.74, 6) is 0.712. The number of ether oxygens (including phenoxy) is 1. The molecule has 0 aliphatic rings. The van der Waals surface area contributed by atoms with Gasteiger partial charge in [0.05, 0.1) is 7.11 Å². The summed E-state index contributed by atoms with van der Waals surface area (Å²) in [6.07, 6.45) is 0. The van der Waals surface area contributed by atoms with Crippen molar-refractivity contribution in [3.63, 3.8) is 0 Å². The van der Waals surface area contributed by atoms with Crippen LogP contribution in [-0.2, 0) is 0 Å². The van der Waals surface area contributed by atoms with Crippen LogP contribution in [0.15, 0.2) is 48.5 Å². The molecule has 1 N–H and O–H groups in total. The van der Waals surface area contributed by atoms with Gasteiger partial charge >= 0.3 is 0 Å². The highest BCUT2D eigenvalue weighted by Crippen LogP contribution is 2.37. The minimum absolute atomic E-state index is 0.176. The maximum atomic E-state index is 9.76. The molecule has 3 aromatic rings. The molecule has 0 heterocycles. The number of hydrogen-bond donors (Lipinski definition) is 1. The average Bonchev–Trinajstić information content (AvgIpc) is 2.38. The lowest BCUT2D eigenvalue weighted by molar-refractivity contribution is 0.378. The van der Waals surface area contributed by atoms with Gasteiger partial charge in [-0.3, -0.25) is 0 Å². The number of fused-ring (bicyclic) bond motifs is 3. The number of rotatable bonds is 1. The minimum Gasteiger partial charge on any atom is -0.504 e. The summed E-state index contributed by atoms with van der Waals surface area (Å²) < 4.78 is 5.26. The molecule has 0 aliphatic carbocycles. The molecule has 0 unspecified atom stereocenters. The van der Waals surface area contributed by atoms with E-state index in [1.807, 2.05) is 30.3 Å². The summed E-state index contributed by atoms with van der Waals surface area (Å²) >= 11 is 0. The number of phenolic OH excluding ortho intramolecular Hbond substituents is 1. The predicted molar refractivity (Wildman–Crippen MR) is 69.7 cm³/mol. The number of methoxy groups -OCH3 is 1. The highest BCUT2D eigenvalue weighted by atomic mass is 16.5. The van der Waals surface area contributed by atoms with E-state index in [1.54, 1.807) is 13.2 Å². The molecule has 0 atom stereocenters. The van der Waals surface area contributed by atoms with Gasteiger partial charge in [-0.15, -0.1) is 0 Å². The van der Waals surface area contributed by atoms with Crippen LogP contribution >= 0.6 is 0 Å². The smallest absolute Gasteiger partial charge is 0.168 e. The molecular formula is C15H12O2. The molecule has 0 saturated heterocycles. The first kappa shape index (κ1) is 9.97. The van der Waals surface area contributed by atoms with Gasteiger partial charge in [-0.1, -0.05) is 30.3 Å². The van der Waals surface area contributed by atoms with Crippen molar-refractivity contribution in [3.8, 4) is 11.5 Å². The SMILES string of the molecule is COc1c(O)ccc2c1ccc1ccccc12. The van der Waals surface area contributed by atoms with Gasteiger partial charge in [-0.25, -0.2) is 0 Å². The van der Waals surface area contributed by atoms with Crippen LogP contribution in [0.25, 0.3) is 21.5 Å². The van der Waals surface area contributed by atoms with Crippen LogP contribution in [0.4, 0.5) is 0 Å². The van der Waals surface area contributed by atoms with Gasteiger partial charge in [0.25, 0.3) is 0 Å². The normalized spacial score (nSPS) is 10.9. The Morgan fingerprint density at radius 3 is 2.41 bits per heavy atom. The number of aromatic hydroxyl groups is 1. The molecule has 0 bridgehead atoms. The van der Waals surface area contributed by atoms with Crippen molar-refractivity contribution in [3.05, 3.63) is 48.5 Å². The van der Waals surface area contributed by atoms with Crippen molar-refractivity contribution < 1.29 is 9.84 Å². The second kappa shape index (κ2) is 3.67. The Hall–Kier alpha value is -2.22. The van der Waals surface area contributed by atoms with Crippen LogP contribution in [0, 0.1) is 0 Å². The van der Waals surface area contributed by atoms with Crippen LogP contribution in [0.2, 0.25) is 0 Å². The van der Waals surface area contributed by atoms with Crippen LogP contribution < -0.4 is 4.74 Å². The number of benzene rings is 3. The third-order valence-corrected chi connectivity index (χ3v) is 3.06. The average molecular weight is 224 g/mol. The largest absolute Gasteiger partial charge is 0.504 e. The fraction of sp³-hybridized carbons (Fsp3) is 0.0667. The molecule has 0 saturated carbocycles. The molecule has 0 fully saturated rings. The van der Waals surface area contributed by atoms with Crippen molar-refractivity contribution in [1.29, 1.82) is 0 Å². The Morgan fingerprint density at radius 2 is 1.59 bits per heavy atom. The molecule has 0 aliphatic heterocycles. The molecule has 2 heteroatoms. The predicted octanol–water partition coefficient (Wildman–Crippen LogP) is 3.71. The summed E-state index contributed by atoms with van der Waals surface area (Å²) in [5.41, 5.74) is 0. The van der Waals surface area contributed by atoms with E-state index in [0.717, 1.165) is 10.8 Å². The van der Waals surface area contributed by atoms with Gasteiger partial charge in [0.2, 0.25) is 0 Å². The highest BCUT2D eigenvalue weighted by Gasteiger charge is 2.08. The maximum Gasteiger partial charge on any atom is 0.168 e. The molecule has 0 spiro atoms. The third kappa shape index (κ3) is 1.41. The van der Waals surface area contributed by atoms with Gasteiger partial charge in [-0.2, -0.15) is 0 Å². The van der Waals surface area contributed by atoms with E-state index in [9.17, 15) is 5.11 Å². The fourth-order valence-electron chi connectivity index (χ4n) is 2.26. The zero-order valence-electron chi connectivity index (χ0n) is 9.47. The lowest BCUT2D eigenvalue weighted by Gasteiger charge is -2.09. The summed E-state index contributed by atoms with van der Waals surface area (Å²) in [4.78, 5) is 0. The number of hydrogen-bond acceptors (Lipinski definition) is 2. The first-order chi connectivity index (χ1) is 8.31. The molecule has 84 valence electrons. The van der Waals surface area contributed by atoms with Gasteiger partial charge < -0.3 is 9.84 Å². The lowest BCUT2D eigenvalue weighted by atomic mass is 10.0. The molecule has 3 rings (SSSR count). The fourth-order valence-corrected chi connectivity index (χ4v) is 2.26. The van der Waals surface area contributed by atoms with E-state index in [4.69, 9.17) is 4.74 Å². The van der Waals surface area contributed by atoms with Crippen molar-refractivity contribution in [2.24, 2.45) is 0 Å². The minimum atomic E-state index is 0.176. The molecule has 0 radical (unpaired) electrons. The first-order valence-electron chi connectivity index (χ1n) is 5.48. The van der Waals surface area contributed by atoms with Crippen molar-refractivity contribution in [2.45, 2.75) is 0 Å². The number of phenols is 1. The summed E-state index contributed by atoms with van der Waals surface area (Å²) in [5, 5.41) is 14.1. The van der Waals surface area contributed by atoms with Gasteiger partial charge in [0, 0.05) is 5.39 Å². The van der Waals surface area contributed by atoms with Crippen LogP contribution in [-0.4, -0.2) is 12.2 Å². The van der Waals surface area contributed by atoms with E-state index >= 15 is 0 Å². The molecule has 2 nitrogen and oxygen atoms in total. The van der Waals surface area contributed by atoms with E-state index in [2.05, 4.69) is 12.1 Å². The highest BCUT2D eigenvalue weighted by molar-refractivity contribution is 6.10. The Bertz CT molecular complexity index is 702.